The largest absolute Gasteiger partial charge is 0.494 e. The lowest BCUT2D eigenvalue weighted by Crippen LogP contribution is -2.30. The molecule has 0 spiro atoms. The topological polar surface area (TPSA) is 55.4 Å². The molecule has 1 heterocycles. The summed E-state index contributed by atoms with van der Waals surface area (Å²) in [4.78, 5) is 24.7. The number of fused-ring (bicyclic) bond motifs is 1. The van der Waals surface area contributed by atoms with Gasteiger partial charge in [0, 0.05) is 27.7 Å². The van der Waals surface area contributed by atoms with Crippen molar-refractivity contribution in [2.45, 2.75) is 37.1 Å². The Labute approximate surface area is 168 Å². The summed E-state index contributed by atoms with van der Waals surface area (Å²) in [6.07, 6.45) is 1.94. The van der Waals surface area contributed by atoms with Crippen LogP contribution in [0.15, 0.2) is 47.4 Å². The minimum absolute atomic E-state index is 0.0208. The van der Waals surface area contributed by atoms with Crippen LogP contribution in [0.3, 0.4) is 0 Å². The van der Waals surface area contributed by atoms with Crippen LogP contribution in [0.2, 0.25) is 5.02 Å². The number of hydrogen-bond donors (Lipinski definition) is 1. The molecule has 2 aromatic carbocycles. The highest BCUT2D eigenvalue weighted by molar-refractivity contribution is 7.99. The highest BCUT2D eigenvalue weighted by Gasteiger charge is 2.22. The molecule has 1 aliphatic heterocycles. The van der Waals surface area contributed by atoms with E-state index in [9.17, 15) is 9.59 Å². The predicted octanol–water partition coefficient (Wildman–Crippen LogP) is 5.05. The minimum Gasteiger partial charge on any atom is -0.494 e. The maximum atomic E-state index is 12.3. The van der Waals surface area contributed by atoms with Crippen LogP contribution in [0, 0.1) is 0 Å². The Morgan fingerprint density at radius 3 is 2.74 bits per heavy atom. The molecule has 1 amide bonds. The minimum atomic E-state index is 0.0208. The standard InChI is InChI=1S/C21H22ClNO3S/c1-14(24)15-4-7-17(8-5-15)26-11-2-3-21(25)23-19-10-12-27-20-9-6-16(22)13-18(19)20/h4-9,13,19H,2-3,10-12H2,1H3,(H,23,25). The zero-order chi connectivity index (χ0) is 19.2. The molecule has 0 aliphatic carbocycles. The van der Waals surface area contributed by atoms with E-state index in [0.29, 0.717) is 35.8 Å². The second kappa shape index (κ2) is 9.29. The van der Waals surface area contributed by atoms with Crippen molar-refractivity contribution < 1.29 is 14.3 Å². The van der Waals surface area contributed by atoms with Crippen molar-refractivity contribution in [3.8, 4) is 5.75 Å². The first-order chi connectivity index (χ1) is 13.0. The number of ether oxygens (including phenoxy) is 1. The fourth-order valence-corrected chi connectivity index (χ4v) is 4.28. The van der Waals surface area contributed by atoms with E-state index in [-0.39, 0.29) is 17.7 Å². The molecule has 142 valence electrons. The number of nitrogens with one attached hydrogen (secondary N) is 1. The number of benzene rings is 2. The Bertz CT molecular complexity index is 823. The molecule has 0 aromatic heterocycles. The summed E-state index contributed by atoms with van der Waals surface area (Å²) < 4.78 is 5.64. The van der Waals surface area contributed by atoms with Gasteiger partial charge >= 0.3 is 0 Å². The number of halogens is 1. The zero-order valence-electron chi connectivity index (χ0n) is 15.2. The van der Waals surface area contributed by atoms with Crippen molar-refractivity contribution in [3.05, 3.63) is 58.6 Å². The van der Waals surface area contributed by atoms with Crippen LogP contribution in [0.25, 0.3) is 0 Å². The molecular formula is C21H22ClNO3S. The van der Waals surface area contributed by atoms with Crippen LogP contribution < -0.4 is 10.1 Å². The summed E-state index contributed by atoms with van der Waals surface area (Å²) in [5.74, 6) is 1.74. The van der Waals surface area contributed by atoms with Gasteiger partial charge in [-0.1, -0.05) is 11.6 Å². The maximum absolute atomic E-state index is 12.3. The molecule has 4 nitrogen and oxygen atoms in total. The van der Waals surface area contributed by atoms with Gasteiger partial charge < -0.3 is 10.1 Å². The van der Waals surface area contributed by atoms with Crippen LogP contribution in [0.1, 0.15) is 48.1 Å². The molecule has 2 aromatic rings. The first-order valence-corrected chi connectivity index (χ1v) is 10.3. The highest BCUT2D eigenvalue weighted by atomic mass is 35.5. The van der Waals surface area contributed by atoms with Gasteiger partial charge in [-0.05, 0) is 67.8 Å². The van der Waals surface area contributed by atoms with Crippen LogP contribution in [0.5, 0.6) is 5.75 Å². The smallest absolute Gasteiger partial charge is 0.220 e. The number of thioether (sulfide) groups is 1. The molecule has 0 radical (unpaired) electrons. The monoisotopic (exact) mass is 403 g/mol. The third kappa shape index (κ3) is 5.50. The van der Waals surface area contributed by atoms with Gasteiger partial charge in [0.25, 0.3) is 0 Å². The molecule has 6 heteroatoms. The van der Waals surface area contributed by atoms with E-state index in [1.807, 2.05) is 18.2 Å². The molecule has 0 saturated carbocycles. The van der Waals surface area contributed by atoms with Crippen molar-refractivity contribution in [3.63, 3.8) is 0 Å². The van der Waals surface area contributed by atoms with Crippen LogP contribution in [0.4, 0.5) is 0 Å². The molecule has 1 unspecified atom stereocenters. The Balaban J connectivity index is 1.44. The number of ketones is 1. The average Bonchev–Trinajstić information content (AvgIpc) is 2.66. The van der Waals surface area contributed by atoms with E-state index in [1.165, 1.54) is 11.8 Å². The van der Waals surface area contributed by atoms with E-state index in [4.69, 9.17) is 16.3 Å². The molecule has 0 fully saturated rings. The van der Waals surface area contributed by atoms with Crippen LogP contribution >= 0.6 is 23.4 Å². The van der Waals surface area contributed by atoms with Gasteiger partial charge in [0.1, 0.15) is 5.75 Å². The van der Waals surface area contributed by atoms with E-state index in [2.05, 4.69) is 5.32 Å². The van der Waals surface area contributed by atoms with Gasteiger partial charge in [-0.15, -0.1) is 11.8 Å². The normalized spacial score (nSPS) is 15.7. The fourth-order valence-electron chi connectivity index (χ4n) is 2.99. The summed E-state index contributed by atoms with van der Waals surface area (Å²) in [7, 11) is 0. The van der Waals surface area contributed by atoms with Gasteiger partial charge in [-0.2, -0.15) is 0 Å². The van der Waals surface area contributed by atoms with E-state index >= 15 is 0 Å². The van der Waals surface area contributed by atoms with E-state index < -0.39 is 0 Å². The lowest BCUT2D eigenvalue weighted by molar-refractivity contribution is -0.122. The lowest BCUT2D eigenvalue weighted by atomic mass is 10.0. The Morgan fingerprint density at radius 1 is 1.22 bits per heavy atom. The van der Waals surface area contributed by atoms with Crippen molar-refractivity contribution >= 4 is 35.1 Å². The number of Topliss-reactive ketones (excluding diaryl/α,β-unsaturated/α-hetero) is 1. The quantitative estimate of drug-likeness (QED) is 0.518. The summed E-state index contributed by atoms with van der Waals surface area (Å²) in [6.45, 7) is 1.99. The van der Waals surface area contributed by atoms with Crippen molar-refractivity contribution in [1.29, 1.82) is 0 Å². The van der Waals surface area contributed by atoms with E-state index in [1.54, 1.807) is 36.0 Å². The predicted molar refractivity (Wildman–Crippen MR) is 109 cm³/mol. The first-order valence-electron chi connectivity index (χ1n) is 8.98. The summed E-state index contributed by atoms with van der Waals surface area (Å²) in [5.41, 5.74) is 1.77. The fraction of sp³-hybridized carbons (Fsp3) is 0.333. The number of carbonyl (C=O) groups excluding carboxylic acids is 2. The third-order valence-electron chi connectivity index (χ3n) is 4.42. The molecular weight excluding hydrogens is 382 g/mol. The van der Waals surface area contributed by atoms with Crippen molar-refractivity contribution in [2.24, 2.45) is 0 Å². The first kappa shape index (κ1) is 19.8. The van der Waals surface area contributed by atoms with E-state index in [0.717, 1.165) is 17.7 Å². The average molecular weight is 404 g/mol. The maximum Gasteiger partial charge on any atom is 0.220 e. The second-order valence-corrected chi connectivity index (χ2v) is 8.05. The summed E-state index contributed by atoms with van der Waals surface area (Å²) >= 11 is 7.91. The number of hydrogen-bond acceptors (Lipinski definition) is 4. The Morgan fingerprint density at radius 2 is 2.00 bits per heavy atom. The number of amides is 1. The molecule has 1 atom stereocenters. The Hall–Kier alpha value is -1.98. The second-order valence-electron chi connectivity index (χ2n) is 6.47. The molecule has 3 rings (SSSR count). The van der Waals surface area contributed by atoms with Crippen LogP contribution in [-0.2, 0) is 4.79 Å². The molecule has 27 heavy (non-hydrogen) atoms. The molecule has 1 N–H and O–H groups in total. The van der Waals surface area contributed by atoms with Gasteiger partial charge in [0.2, 0.25) is 5.91 Å². The van der Waals surface area contributed by atoms with Crippen LogP contribution in [-0.4, -0.2) is 24.1 Å². The molecule has 0 saturated heterocycles. The molecule has 0 bridgehead atoms. The van der Waals surface area contributed by atoms with Crippen molar-refractivity contribution in [2.75, 3.05) is 12.4 Å². The third-order valence-corrected chi connectivity index (χ3v) is 5.78. The summed E-state index contributed by atoms with van der Waals surface area (Å²) in [5, 5.41) is 3.81. The van der Waals surface area contributed by atoms with Gasteiger partial charge in [0.05, 0.1) is 12.6 Å². The number of rotatable bonds is 7. The van der Waals surface area contributed by atoms with Crippen molar-refractivity contribution in [1.82, 2.24) is 5.32 Å². The summed E-state index contributed by atoms with van der Waals surface area (Å²) in [6, 6.07) is 12.9. The Kier molecular flexibility index (Phi) is 6.80. The van der Waals surface area contributed by atoms with Gasteiger partial charge in [-0.25, -0.2) is 0 Å². The SMILES string of the molecule is CC(=O)c1ccc(OCCCC(=O)NC2CCSc3ccc(Cl)cc32)cc1. The van der Waals surface area contributed by atoms with Gasteiger partial charge in [-0.3, -0.25) is 9.59 Å². The lowest BCUT2D eigenvalue weighted by Gasteiger charge is -2.26. The molecule has 1 aliphatic rings. The zero-order valence-corrected chi connectivity index (χ0v) is 16.7. The highest BCUT2D eigenvalue weighted by Crippen LogP contribution is 2.37. The van der Waals surface area contributed by atoms with Gasteiger partial charge in [0.15, 0.2) is 5.78 Å². The number of carbonyl (C=O) groups is 2.